The standard InChI is InChI=1S/C19H21Cl2NO2/c20-14-11-15-18(22-6-8-23-9-7-22)17(24-19(15)16(21)12-14)10-13-4-2-1-3-5-13/h10-12H,1-9H2. The first-order valence-corrected chi connectivity index (χ1v) is 9.41. The Bertz CT molecular complexity index is 767. The molecule has 0 unspecified atom stereocenters. The van der Waals surface area contributed by atoms with Crippen molar-refractivity contribution in [2.75, 3.05) is 31.2 Å². The molecule has 1 aliphatic carbocycles. The number of ether oxygens (including phenoxy) is 1. The second kappa shape index (κ2) is 6.99. The van der Waals surface area contributed by atoms with Crippen LogP contribution in [0.3, 0.4) is 0 Å². The zero-order valence-electron chi connectivity index (χ0n) is 13.6. The lowest BCUT2D eigenvalue weighted by atomic mass is 9.94. The molecule has 1 saturated heterocycles. The number of halogens is 2. The largest absolute Gasteiger partial charge is 0.453 e. The third-order valence-corrected chi connectivity index (χ3v) is 5.37. The van der Waals surface area contributed by atoms with Crippen LogP contribution in [-0.4, -0.2) is 26.3 Å². The molecular formula is C19H21Cl2NO2. The SMILES string of the molecule is Clc1cc(Cl)c2oc(C=C3CCCCC3)c(N3CCOCC3)c2c1. The van der Waals surface area contributed by atoms with Crippen LogP contribution in [-0.2, 0) is 4.74 Å². The number of morpholine rings is 1. The van der Waals surface area contributed by atoms with E-state index in [9.17, 15) is 0 Å². The highest BCUT2D eigenvalue weighted by Gasteiger charge is 2.23. The van der Waals surface area contributed by atoms with Crippen molar-refractivity contribution in [2.24, 2.45) is 0 Å². The van der Waals surface area contributed by atoms with Crippen LogP contribution in [0.25, 0.3) is 17.0 Å². The predicted molar refractivity (Wildman–Crippen MR) is 100 cm³/mol. The Morgan fingerprint density at radius 2 is 1.75 bits per heavy atom. The molecule has 1 aromatic carbocycles. The fourth-order valence-corrected chi connectivity index (χ4v) is 4.21. The van der Waals surface area contributed by atoms with E-state index >= 15 is 0 Å². The monoisotopic (exact) mass is 365 g/mol. The van der Waals surface area contributed by atoms with Crippen molar-refractivity contribution in [3.8, 4) is 0 Å². The van der Waals surface area contributed by atoms with Crippen LogP contribution >= 0.6 is 23.2 Å². The number of hydrogen-bond acceptors (Lipinski definition) is 3. The van der Waals surface area contributed by atoms with E-state index in [2.05, 4.69) is 11.0 Å². The molecule has 0 N–H and O–H groups in total. The quantitative estimate of drug-likeness (QED) is 0.659. The van der Waals surface area contributed by atoms with Crippen molar-refractivity contribution in [1.29, 1.82) is 0 Å². The molecule has 2 heterocycles. The second-order valence-electron chi connectivity index (χ2n) is 6.54. The van der Waals surface area contributed by atoms with Gasteiger partial charge in [-0.2, -0.15) is 0 Å². The maximum atomic E-state index is 6.39. The molecule has 0 bridgehead atoms. The Balaban J connectivity index is 1.85. The Labute approximate surface area is 152 Å². The molecule has 0 amide bonds. The van der Waals surface area contributed by atoms with Crippen molar-refractivity contribution in [1.82, 2.24) is 0 Å². The number of benzene rings is 1. The summed E-state index contributed by atoms with van der Waals surface area (Å²) in [5, 5.41) is 2.21. The van der Waals surface area contributed by atoms with Gasteiger partial charge in [-0.1, -0.05) is 35.2 Å². The van der Waals surface area contributed by atoms with Gasteiger partial charge in [0.1, 0.15) is 0 Å². The van der Waals surface area contributed by atoms with E-state index < -0.39 is 0 Å². The molecule has 2 fully saturated rings. The summed E-state index contributed by atoms with van der Waals surface area (Å²) in [6.45, 7) is 3.18. The van der Waals surface area contributed by atoms with E-state index in [-0.39, 0.29) is 0 Å². The number of furan rings is 1. The van der Waals surface area contributed by atoms with E-state index in [1.165, 1.54) is 24.8 Å². The van der Waals surface area contributed by atoms with Crippen LogP contribution in [0.1, 0.15) is 37.9 Å². The summed E-state index contributed by atoms with van der Waals surface area (Å²) in [6, 6.07) is 3.70. The van der Waals surface area contributed by atoms with E-state index in [0.29, 0.717) is 10.0 Å². The van der Waals surface area contributed by atoms with Crippen LogP contribution in [0.4, 0.5) is 5.69 Å². The third-order valence-electron chi connectivity index (χ3n) is 4.87. The molecule has 3 nitrogen and oxygen atoms in total. The normalized spacial score (nSPS) is 19.1. The molecule has 24 heavy (non-hydrogen) atoms. The first-order chi connectivity index (χ1) is 11.7. The maximum Gasteiger partial charge on any atom is 0.155 e. The van der Waals surface area contributed by atoms with Crippen LogP contribution in [0.5, 0.6) is 0 Å². The first-order valence-electron chi connectivity index (χ1n) is 8.66. The molecular weight excluding hydrogens is 345 g/mol. The molecule has 0 atom stereocenters. The van der Waals surface area contributed by atoms with Gasteiger partial charge in [-0.05, 0) is 43.9 Å². The number of fused-ring (bicyclic) bond motifs is 1. The van der Waals surface area contributed by atoms with Crippen LogP contribution in [0.15, 0.2) is 22.1 Å². The molecule has 0 spiro atoms. The molecule has 0 radical (unpaired) electrons. The molecule has 2 aliphatic rings. The fourth-order valence-electron chi connectivity index (χ4n) is 3.68. The Kier molecular flexibility index (Phi) is 4.75. The van der Waals surface area contributed by atoms with Crippen LogP contribution in [0, 0.1) is 0 Å². The molecule has 4 rings (SSSR count). The number of rotatable bonds is 2. The Hall–Kier alpha value is -1.16. The zero-order valence-corrected chi connectivity index (χ0v) is 15.1. The average Bonchev–Trinajstić information content (AvgIpc) is 2.95. The minimum atomic E-state index is 0.570. The Morgan fingerprint density at radius 1 is 1.00 bits per heavy atom. The summed E-state index contributed by atoms with van der Waals surface area (Å²) in [7, 11) is 0. The summed E-state index contributed by atoms with van der Waals surface area (Å²) in [4.78, 5) is 2.33. The van der Waals surface area contributed by atoms with Crippen LogP contribution < -0.4 is 4.90 Å². The third kappa shape index (κ3) is 3.17. The van der Waals surface area contributed by atoms with Gasteiger partial charge in [0.15, 0.2) is 11.3 Å². The lowest BCUT2D eigenvalue weighted by Crippen LogP contribution is -2.36. The molecule has 128 valence electrons. The highest BCUT2D eigenvalue weighted by molar-refractivity contribution is 6.38. The van der Waals surface area contributed by atoms with E-state index in [1.54, 1.807) is 6.07 Å². The van der Waals surface area contributed by atoms with Gasteiger partial charge in [0, 0.05) is 23.5 Å². The van der Waals surface area contributed by atoms with Gasteiger partial charge in [0.05, 0.1) is 23.9 Å². The number of anilines is 1. The lowest BCUT2D eigenvalue weighted by Gasteiger charge is -2.28. The smallest absolute Gasteiger partial charge is 0.155 e. The topological polar surface area (TPSA) is 25.6 Å². The van der Waals surface area contributed by atoms with Crippen molar-refractivity contribution < 1.29 is 9.15 Å². The van der Waals surface area contributed by atoms with Gasteiger partial charge in [-0.3, -0.25) is 0 Å². The van der Waals surface area contributed by atoms with Crippen molar-refractivity contribution in [3.63, 3.8) is 0 Å². The molecule has 5 heteroatoms. The summed E-state index contributed by atoms with van der Waals surface area (Å²) < 4.78 is 11.7. The molecule has 2 aromatic rings. The predicted octanol–water partition coefficient (Wildman–Crippen LogP) is 5.92. The van der Waals surface area contributed by atoms with Gasteiger partial charge in [-0.25, -0.2) is 0 Å². The van der Waals surface area contributed by atoms with E-state index in [1.807, 2.05) is 6.07 Å². The van der Waals surface area contributed by atoms with E-state index in [0.717, 1.165) is 61.6 Å². The van der Waals surface area contributed by atoms with Gasteiger partial charge >= 0.3 is 0 Å². The second-order valence-corrected chi connectivity index (χ2v) is 7.39. The summed E-state index contributed by atoms with van der Waals surface area (Å²) in [5.41, 5.74) is 3.30. The van der Waals surface area contributed by atoms with Crippen molar-refractivity contribution in [2.45, 2.75) is 32.1 Å². The number of hydrogen-bond donors (Lipinski definition) is 0. The maximum absolute atomic E-state index is 6.39. The summed E-state index contributed by atoms with van der Waals surface area (Å²) in [6.07, 6.45) is 8.42. The fraction of sp³-hybridized carbons (Fsp3) is 0.474. The van der Waals surface area contributed by atoms with Gasteiger partial charge < -0.3 is 14.1 Å². The van der Waals surface area contributed by atoms with Crippen LogP contribution in [0.2, 0.25) is 10.0 Å². The highest BCUT2D eigenvalue weighted by atomic mass is 35.5. The number of allylic oxidation sites excluding steroid dienone is 1. The zero-order chi connectivity index (χ0) is 16.5. The highest BCUT2D eigenvalue weighted by Crippen LogP contribution is 2.41. The first kappa shape index (κ1) is 16.3. The summed E-state index contributed by atoms with van der Waals surface area (Å²) >= 11 is 12.6. The van der Waals surface area contributed by atoms with Crippen molar-refractivity contribution >= 4 is 45.9 Å². The van der Waals surface area contributed by atoms with Crippen molar-refractivity contribution in [3.05, 3.63) is 33.5 Å². The molecule has 1 aliphatic heterocycles. The minimum absolute atomic E-state index is 0.570. The Morgan fingerprint density at radius 3 is 2.50 bits per heavy atom. The van der Waals surface area contributed by atoms with E-state index in [4.69, 9.17) is 32.4 Å². The van der Waals surface area contributed by atoms with Gasteiger partial charge in [0.25, 0.3) is 0 Å². The lowest BCUT2D eigenvalue weighted by molar-refractivity contribution is 0.122. The molecule has 1 saturated carbocycles. The average molecular weight is 366 g/mol. The van der Waals surface area contributed by atoms with Gasteiger partial charge in [-0.15, -0.1) is 0 Å². The summed E-state index contributed by atoms with van der Waals surface area (Å²) in [5.74, 6) is 0.910. The van der Waals surface area contributed by atoms with Gasteiger partial charge in [0.2, 0.25) is 0 Å². The molecule has 1 aromatic heterocycles. The minimum Gasteiger partial charge on any atom is -0.453 e. The number of nitrogens with zero attached hydrogens (tertiary/aromatic N) is 1.